The molecule has 1 fully saturated rings. The summed E-state index contributed by atoms with van der Waals surface area (Å²) in [6.45, 7) is 1.94. The maximum absolute atomic E-state index is 12.4. The zero-order valence-corrected chi connectivity index (χ0v) is 9.79. The number of carbonyl (C=O) groups is 1. The number of hydrogen-bond acceptors (Lipinski definition) is 1. The van der Waals surface area contributed by atoms with E-state index in [2.05, 4.69) is 0 Å². The number of rotatable bonds is 2. The Labute approximate surface area is 102 Å². The summed E-state index contributed by atoms with van der Waals surface area (Å²) in [6.07, 6.45) is -3.43. The van der Waals surface area contributed by atoms with E-state index in [4.69, 9.17) is 0 Å². The highest BCUT2D eigenvalue weighted by Crippen LogP contribution is 2.48. The second kappa shape index (κ2) is 4.00. The van der Waals surface area contributed by atoms with Crippen LogP contribution in [-0.4, -0.2) is 11.1 Å². The number of hydrogen-bond donors (Lipinski definition) is 1. The van der Waals surface area contributed by atoms with E-state index in [0.29, 0.717) is 24.3 Å². The molecule has 0 amide bonds. The highest BCUT2D eigenvalue weighted by molar-refractivity contribution is 5.82. The monoisotopic (exact) mass is 258 g/mol. The molecular formula is C13H13F3O2. The molecule has 1 saturated carbocycles. The number of benzene rings is 1. The van der Waals surface area contributed by atoms with Gasteiger partial charge in [0.25, 0.3) is 0 Å². The first-order valence-electron chi connectivity index (χ1n) is 5.67. The van der Waals surface area contributed by atoms with Gasteiger partial charge in [-0.2, -0.15) is 13.2 Å². The highest BCUT2D eigenvalue weighted by atomic mass is 19.4. The number of carboxylic acids is 1. The number of carboxylic acid groups (broad SMARTS) is 1. The fraction of sp³-hybridized carbons (Fsp3) is 0.462. The first-order valence-corrected chi connectivity index (χ1v) is 5.67. The molecule has 18 heavy (non-hydrogen) atoms. The average Bonchev–Trinajstić information content (AvgIpc) is 2.23. The van der Waals surface area contributed by atoms with E-state index >= 15 is 0 Å². The average molecular weight is 258 g/mol. The van der Waals surface area contributed by atoms with Crippen LogP contribution in [0.4, 0.5) is 13.2 Å². The van der Waals surface area contributed by atoms with Crippen molar-refractivity contribution in [3.05, 3.63) is 35.4 Å². The van der Waals surface area contributed by atoms with Gasteiger partial charge >= 0.3 is 12.1 Å². The molecular weight excluding hydrogens is 245 g/mol. The van der Waals surface area contributed by atoms with Gasteiger partial charge in [-0.05, 0) is 36.5 Å². The third-order valence-electron chi connectivity index (χ3n) is 3.57. The third kappa shape index (κ3) is 1.98. The minimum Gasteiger partial charge on any atom is -0.481 e. The standard InChI is InChI=1S/C13H13F3O2/c1-8-6-12(7-8,11(17)18)9-2-4-10(5-3-9)13(14,15)16/h2-5,8H,6-7H2,1H3,(H,17,18). The minimum absolute atomic E-state index is 0.295. The molecule has 0 aliphatic heterocycles. The quantitative estimate of drug-likeness (QED) is 0.882. The Morgan fingerprint density at radius 1 is 1.28 bits per heavy atom. The lowest BCUT2D eigenvalue weighted by Crippen LogP contribution is -2.46. The topological polar surface area (TPSA) is 37.3 Å². The predicted octanol–water partition coefficient (Wildman–Crippen LogP) is 3.46. The second-order valence-electron chi connectivity index (χ2n) is 4.98. The summed E-state index contributed by atoms with van der Waals surface area (Å²) in [5, 5.41) is 9.26. The molecule has 1 aliphatic rings. The Morgan fingerprint density at radius 3 is 2.11 bits per heavy atom. The maximum atomic E-state index is 12.4. The maximum Gasteiger partial charge on any atom is 0.416 e. The van der Waals surface area contributed by atoms with Crippen LogP contribution < -0.4 is 0 Å². The smallest absolute Gasteiger partial charge is 0.416 e. The molecule has 1 aromatic carbocycles. The summed E-state index contributed by atoms with van der Waals surface area (Å²) in [7, 11) is 0. The Kier molecular flexibility index (Phi) is 2.87. The van der Waals surface area contributed by atoms with Crippen molar-refractivity contribution in [2.24, 2.45) is 5.92 Å². The van der Waals surface area contributed by atoms with Gasteiger partial charge in [0, 0.05) is 0 Å². The largest absolute Gasteiger partial charge is 0.481 e. The van der Waals surface area contributed by atoms with Crippen molar-refractivity contribution < 1.29 is 23.1 Å². The molecule has 0 unspecified atom stereocenters. The van der Waals surface area contributed by atoms with Crippen molar-refractivity contribution in [1.29, 1.82) is 0 Å². The zero-order valence-electron chi connectivity index (χ0n) is 9.79. The molecule has 1 aromatic rings. The van der Waals surface area contributed by atoms with E-state index in [-0.39, 0.29) is 0 Å². The van der Waals surface area contributed by atoms with Crippen LogP contribution in [0.5, 0.6) is 0 Å². The van der Waals surface area contributed by atoms with Crippen LogP contribution in [0.2, 0.25) is 0 Å². The van der Waals surface area contributed by atoms with Gasteiger partial charge in [-0.1, -0.05) is 19.1 Å². The second-order valence-corrected chi connectivity index (χ2v) is 4.98. The number of alkyl halides is 3. The molecule has 98 valence electrons. The lowest BCUT2D eigenvalue weighted by atomic mass is 9.59. The van der Waals surface area contributed by atoms with Gasteiger partial charge in [0.15, 0.2) is 0 Å². The van der Waals surface area contributed by atoms with Crippen molar-refractivity contribution >= 4 is 5.97 Å². The van der Waals surface area contributed by atoms with Gasteiger partial charge in [-0.15, -0.1) is 0 Å². The summed E-state index contributed by atoms with van der Waals surface area (Å²) in [4.78, 5) is 11.3. The molecule has 0 radical (unpaired) electrons. The van der Waals surface area contributed by atoms with Crippen LogP contribution in [-0.2, 0) is 16.4 Å². The molecule has 1 N–H and O–H groups in total. The van der Waals surface area contributed by atoms with Gasteiger partial charge in [-0.25, -0.2) is 0 Å². The Hall–Kier alpha value is -1.52. The van der Waals surface area contributed by atoms with E-state index < -0.39 is 23.1 Å². The van der Waals surface area contributed by atoms with Crippen LogP contribution in [0.15, 0.2) is 24.3 Å². The van der Waals surface area contributed by atoms with E-state index in [1.165, 1.54) is 12.1 Å². The molecule has 2 nitrogen and oxygen atoms in total. The lowest BCUT2D eigenvalue weighted by molar-refractivity contribution is -0.149. The molecule has 1 aliphatic carbocycles. The molecule has 5 heteroatoms. The van der Waals surface area contributed by atoms with Crippen LogP contribution in [0.3, 0.4) is 0 Å². The van der Waals surface area contributed by atoms with E-state index in [1.807, 2.05) is 6.92 Å². The van der Waals surface area contributed by atoms with Gasteiger partial charge in [0.1, 0.15) is 0 Å². The highest BCUT2D eigenvalue weighted by Gasteiger charge is 2.50. The minimum atomic E-state index is -4.39. The summed E-state index contributed by atoms with van der Waals surface area (Å²) in [6, 6.07) is 4.46. The molecule has 0 atom stereocenters. The predicted molar refractivity (Wildman–Crippen MR) is 59.2 cm³/mol. The number of halogens is 3. The van der Waals surface area contributed by atoms with Gasteiger partial charge in [0.2, 0.25) is 0 Å². The lowest BCUT2D eigenvalue weighted by Gasteiger charge is -2.43. The summed E-state index contributed by atoms with van der Waals surface area (Å²) in [5.74, 6) is -0.663. The zero-order chi connectivity index (χ0) is 13.6. The Balaban J connectivity index is 2.32. The van der Waals surface area contributed by atoms with Gasteiger partial charge < -0.3 is 5.11 Å². The van der Waals surface area contributed by atoms with E-state index in [9.17, 15) is 23.1 Å². The first kappa shape index (κ1) is 12.9. The van der Waals surface area contributed by atoms with Gasteiger partial charge in [0.05, 0.1) is 11.0 Å². The summed E-state index contributed by atoms with van der Waals surface area (Å²) >= 11 is 0. The van der Waals surface area contributed by atoms with Gasteiger partial charge in [-0.3, -0.25) is 4.79 Å². The normalized spacial score (nSPS) is 27.7. The fourth-order valence-corrected chi connectivity index (χ4v) is 2.64. The van der Waals surface area contributed by atoms with Crippen molar-refractivity contribution in [3.63, 3.8) is 0 Å². The number of aliphatic carboxylic acids is 1. The van der Waals surface area contributed by atoms with Crippen LogP contribution >= 0.6 is 0 Å². The van der Waals surface area contributed by atoms with E-state index in [1.54, 1.807) is 0 Å². The Bertz CT molecular complexity index is 456. The molecule has 0 aromatic heterocycles. The van der Waals surface area contributed by atoms with Crippen molar-refractivity contribution in [3.8, 4) is 0 Å². The van der Waals surface area contributed by atoms with Crippen LogP contribution in [0, 0.1) is 5.92 Å². The van der Waals surface area contributed by atoms with Crippen molar-refractivity contribution in [2.45, 2.75) is 31.4 Å². The molecule has 0 bridgehead atoms. The molecule has 0 spiro atoms. The first-order chi connectivity index (χ1) is 8.25. The Morgan fingerprint density at radius 2 is 1.78 bits per heavy atom. The van der Waals surface area contributed by atoms with Crippen LogP contribution in [0.1, 0.15) is 30.9 Å². The van der Waals surface area contributed by atoms with Crippen molar-refractivity contribution in [2.75, 3.05) is 0 Å². The molecule has 0 heterocycles. The fourth-order valence-electron chi connectivity index (χ4n) is 2.64. The SMILES string of the molecule is CC1CC(C(=O)O)(c2ccc(C(F)(F)F)cc2)C1. The summed E-state index contributed by atoms with van der Waals surface area (Å²) in [5.41, 5.74) is -1.29. The van der Waals surface area contributed by atoms with Crippen LogP contribution in [0.25, 0.3) is 0 Å². The third-order valence-corrected chi connectivity index (χ3v) is 3.57. The molecule has 2 rings (SSSR count). The van der Waals surface area contributed by atoms with E-state index in [0.717, 1.165) is 12.1 Å². The summed E-state index contributed by atoms with van der Waals surface area (Å²) < 4.78 is 37.2. The van der Waals surface area contributed by atoms with Crippen molar-refractivity contribution in [1.82, 2.24) is 0 Å². The molecule has 0 saturated heterocycles.